The van der Waals surface area contributed by atoms with Crippen LogP contribution in [0, 0.1) is 25.5 Å². The first-order valence-electron chi connectivity index (χ1n) is 5.92. The number of nitrogens with one attached hydrogen (secondary N) is 1. The van der Waals surface area contributed by atoms with Crippen molar-refractivity contribution in [1.29, 1.82) is 0 Å². The molecule has 0 atom stereocenters. The van der Waals surface area contributed by atoms with Gasteiger partial charge in [-0.3, -0.25) is 4.79 Å². The molecular formula is C15H12BrF2NO. The first kappa shape index (κ1) is 14.7. The molecule has 0 aliphatic carbocycles. The molecule has 2 rings (SSSR count). The van der Waals surface area contributed by atoms with E-state index in [1.165, 1.54) is 13.0 Å². The Bertz CT molecular complexity index is 686. The zero-order chi connectivity index (χ0) is 14.9. The molecule has 1 amide bonds. The molecule has 0 unspecified atom stereocenters. The van der Waals surface area contributed by atoms with Crippen molar-refractivity contribution in [2.75, 3.05) is 5.32 Å². The molecule has 2 nitrogen and oxygen atoms in total. The van der Waals surface area contributed by atoms with E-state index in [0.29, 0.717) is 5.69 Å². The van der Waals surface area contributed by atoms with Crippen LogP contribution in [-0.2, 0) is 0 Å². The standard InChI is InChI=1S/C15H12BrF2NO/c1-8-3-5-11(17)13(14(8)18)15(20)19-12-6-4-10(16)7-9(12)2/h3-7H,1-2H3,(H,19,20). The van der Waals surface area contributed by atoms with E-state index in [2.05, 4.69) is 21.2 Å². The number of rotatable bonds is 2. The minimum atomic E-state index is -0.875. The Morgan fingerprint density at radius 1 is 1.10 bits per heavy atom. The van der Waals surface area contributed by atoms with Crippen LogP contribution in [0.25, 0.3) is 0 Å². The predicted molar refractivity (Wildman–Crippen MR) is 77.9 cm³/mol. The zero-order valence-electron chi connectivity index (χ0n) is 10.9. The van der Waals surface area contributed by atoms with Crippen molar-refractivity contribution in [3.8, 4) is 0 Å². The molecule has 0 aromatic heterocycles. The molecule has 2 aromatic rings. The Hall–Kier alpha value is -1.75. The molecule has 1 N–H and O–H groups in total. The molecule has 0 spiro atoms. The number of carbonyl (C=O) groups excluding carboxylic acids is 1. The lowest BCUT2D eigenvalue weighted by Gasteiger charge is -2.11. The summed E-state index contributed by atoms with van der Waals surface area (Å²) < 4.78 is 28.4. The number of amides is 1. The average Bonchev–Trinajstić information content (AvgIpc) is 2.38. The van der Waals surface area contributed by atoms with Crippen molar-refractivity contribution < 1.29 is 13.6 Å². The van der Waals surface area contributed by atoms with Crippen molar-refractivity contribution in [3.63, 3.8) is 0 Å². The van der Waals surface area contributed by atoms with Crippen molar-refractivity contribution >= 4 is 27.5 Å². The smallest absolute Gasteiger partial charge is 0.261 e. The van der Waals surface area contributed by atoms with Gasteiger partial charge in [-0.2, -0.15) is 0 Å². The summed E-state index contributed by atoms with van der Waals surface area (Å²) in [6.07, 6.45) is 0. The van der Waals surface area contributed by atoms with Crippen LogP contribution in [0.1, 0.15) is 21.5 Å². The van der Waals surface area contributed by atoms with E-state index >= 15 is 0 Å². The maximum Gasteiger partial charge on any atom is 0.261 e. The molecule has 2 aromatic carbocycles. The van der Waals surface area contributed by atoms with Crippen LogP contribution in [-0.4, -0.2) is 5.91 Å². The lowest BCUT2D eigenvalue weighted by atomic mass is 10.1. The average molecular weight is 340 g/mol. The first-order chi connectivity index (χ1) is 9.40. The normalized spacial score (nSPS) is 10.4. The van der Waals surface area contributed by atoms with Gasteiger partial charge in [0.05, 0.1) is 0 Å². The van der Waals surface area contributed by atoms with Crippen LogP contribution in [0.2, 0.25) is 0 Å². The molecule has 0 aliphatic heterocycles. The second kappa shape index (κ2) is 5.71. The topological polar surface area (TPSA) is 29.1 Å². The maximum absolute atomic E-state index is 13.9. The highest BCUT2D eigenvalue weighted by atomic mass is 79.9. The van der Waals surface area contributed by atoms with E-state index < -0.39 is 23.1 Å². The third-order valence-corrected chi connectivity index (χ3v) is 3.44. The van der Waals surface area contributed by atoms with E-state index in [0.717, 1.165) is 16.1 Å². The van der Waals surface area contributed by atoms with Crippen LogP contribution in [0.15, 0.2) is 34.8 Å². The number of hydrogen-bond acceptors (Lipinski definition) is 1. The third kappa shape index (κ3) is 2.88. The molecule has 0 radical (unpaired) electrons. The number of hydrogen-bond donors (Lipinski definition) is 1. The second-order valence-electron chi connectivity index (χ2n) is 4.47. The molecule has 0 fully saturated rings. The lowest BCUT2D eigenvalue weighted by molar-refractivity contribution is 0.101. The number of carbonyl (C=O) groups is 1. The summed E-state index contributed by atoms with van der Waals surface area (Å²) in [7, 11) is 0. The van der Waals surface area contributed by atoms with Crippen LogP contribution >= 0.6 is 15.9 Å². The van der Waals surface area contributed by atoms with Crippen LogP contribution in [0.4, 0.5) is 14.5 Å². The summed E-state index contributed by atoms with van der Waals surface area (Å²) in [4.78, 5) is 12.0. The fraction of sp³-hybridized carbons (Fsp3) is 0.133. The van der Waals surface area contributed by atoms with Gasteiger partial charge in [0.25, 0.3) is 5.91 Å². The van der Waals surface area contributed by atoms with Crippen molar-refractivity contribution in [3.05, 3.63) is 63.1 Å². The van der Waals surface area contributed by atoms with Crippen molar-refractivity contribution in [2.45, 2.75) is 13.8 Å². The first-order valence-corrected chi connectivity index (χ1v) is 6.71. The van der Waals surface area contributed by atoms with Gasteiger partial charge in [-0.1, -0.05) is 22.0 Å². The lowest BCUT2D eigenvalue weighted by Crippen LogP contribution is -2.17. The molecule has 0 heterocycles. The van der Waals surface area contributed by atoms with Gasteiger partial charge in [0.1, 0.15) is 17.2 Å². The minimum Gasteiger partial charge on any atom is -0.322 e. The van der Waals surface area contributed by atoms with E-state index in [4.69, 9.17) is 0 Å². The van der Waals surface area contributed by atoms with Gasteiger partial charge >= 0.3 is 0 Å². The van der Waals surface area contributed by atoms with E-state index in [9.17, 15) is 13.6 Å². The third-order valence-electron chi connectivity index (χ3n) is 2.95. The van der Waals surface area contributed by atoms with Crippen LogP contribution < -0.4 is 5.32 Å². The van der Waals surface area contributed by atoms with Gasteiger partial charge in [-0.25, -0.2) is 8.78 Å². The maximum atomic E-state index is 13.9. The van der Waals surface area contributed by atoms with Gasteiger partial charge in [0.2, 0.25) is 0 Å². The molecule has 0 saturated carbocycles. The SMILES string of the molecule is Cc1cc(Br)ccc1NC(=O)c1c(F)ccc(C)c1F. The molecule has 0 aliphatic rings. The fourth-order valence-electron chi connectivity index (χ4n) is 1.82. The highest BCUT2D eigenvalue weighted by Gasteiger charge is 2.19. The van der Waals surface area contributed by atoms with Gasteiger partial charge in [0, 0.05) is 10.2 Å². The van der Waals surface area contributed by atoms with Gasteiger partial charge in [-0.15, -0.1) is 0 Å². The van der Waals surface area contributed by atoms with Gasteiger partial charge < -0.3 is 5.32 Å². The summed E-state index contributed by atoms with van der Waals surface area (Å²) >= 11 is 3.31. The van der Waals surface area contributed by atoms with Crippen LogP contribution in [0.5, 0.6) is 0 Å². The highest BCUT2D eigenvalue weighted by molar-refractivity contribution is 9.10. The number of halogens is 3. The Morgan fingerprint density at radius 2 is 1.80 bits per heavy atom. The zero-order valence-corrected chi connectivity index (χ0v) is 12.5. The number of benzene rings is 2. The number of aryl methyl sites for hydroxylation is 2. The molecule has 20 heavy (non-hydrogen) atoms. The molecule has 104 valence electrons. The monoisotopic (exact) mass is 339 g/mol. The van der Waals surface area contributed by atoms with E-state index in [1.807, 2.05) is 0 Å². The largest absolute Gasteiger partial charge is 0.322 e. The highest BCUT2D eigenvalue weighted by Crippen LogP contribution is 2.22. The van der Waals surface area contributed by atoms with Gasteiger partial charge in [0.15, 0.2) is 0 Å². The van der Waals surface area contributed by atoms with Gasteiger partial charge in [-0.05, 0) is 49.2 Å². The Kier molecular flexibility index (Phi) is 4.18. The van der Waals surface area contributed by atoms with E-state index in [1.54, 1.807) is 25.1 Å². The van der Waals surface area contributed by atoms with Crippen LogP contribution in [0.3, 0.4) is 0 Å². The summed E-state index contributed by atoms with van der Waals surface area (Å²) in [5, 5.41) is 2.52. The summed E-state index contributed by atoms with van der Waals surface area (Å²) in [6.45, 7) is 3.28. The Labute approximate surface area is 123 Å². The quantitative estimate of drug-likeness (QED) is 0.851. The van der Waals surface area contributed by atoms with Crippen molar-refractivity contribution in [2.24, 2.45) is 0 Å². The number of anilines is 1. The van der Waals surface area contributed by atoms with Crippen molar-refractivity contribution in [1.82, 2.24) is 0 Å². The fourth-order valence-corrected chi connectivity index (χ4v) is 2.29. The van der Waals surface area contributed by atoms with E-state index in [-0.39, 0.29) is 5.56 Å². The summed E-state index contributed by atoms with van der Waals surface area (Å²) in [6, 6.07) is 7.60. The molecular weight excluding hydrogens is 328 g/mol. The molecule has 0 bridgehead atoms. The minimum absolute atomic E-state index is 0.226. The molecule has 0 saturated heterocycles. The Morgan fingerprint density at radius 3 is 2.45 bits per heavy atom. The molecule has 5 heteroatoms. The predicted octanol–water partition coefficient (Wildman–Crippen LogP) is 4.60. The Balaban J connectivity index is 2.36. The summed E-state index contributed by atoms with van der Waals surface area (Å²) in [5.41, 5.74) is 0.969. The second-order valence-corrected chi connectivity index (χ2v) is 5.38. The summed E-state index contributed by atoms with van der Waals surface area (Å²) in [5.74, 6) is -2.51.